The lowest BCUT2D eigenvalue weighted by Crippen LogP contribution is -2.10. The molecule has 1 aromatic carbocycles. The van der Waals surface area contributed by atoms with Crippen molar-refractivity contribution in [3.8, 4) is 5.75 Å². The molecule has 0 fully saturated rings. The van der Waals surface area contributed by atoms with E-state index in [1.54, 1.807) is 12.3 Å². The first-order chi connectivity index (χ1) is 9.63. The molecule has 0 atom stereocenters. The number of hydrogen-bond donors (Lipinski definition) is 1. The zero-order valence-electron chi connectivity index (χ0n) is 11.3. The summed E-state index contributed by atoms with van der Waals surface area (Å²) in [6.45, 7) is 4.36. The quantitative estimate of drug-likeness (QED) is 0.854. The van der Waals surface area contributed by atoms with Crippen LogP contribution in [0.4, 0.5) is 5.69 Å². The Kier molecular flexibility index (Phi) is 4.98. The van der Waals surface area contributed by atoms with E-state index < -0.39 is 0 Å². The molecule has 0 aliphatic heterocycles. The number of aromatic nitrogens is 1. The van der Waals surface area contributed by atoms with Gasteiger partial charge in [0.15, 0.2) is 0 Å². The van der Waals surface area contributed by atoms with Crippen LogP contribution in [0.1, 0.15) is 27.2 Å². The number of amides is 1. The van der Waals surface area contributed by atoms with E-state index in [2.05, 4.69) is 10.3 Å². The van der Waals surface area contributed by atoms with Crippen molar-refractivity contribution in [1.82, 2.24) is 4.98 Å². The average Bonchev–Trinajstić information content (AvgIpc) is 2.87. The molecule has 0 saturated heterocycles. The third-order valence-electron chi connectivity index (χ3n) is 2.61. The standard InChI is InChI=1S/C14H15ClN2O2S/c1-3-19-12-5-4-11(6-10(12)7-15)17-14(18)13-8-16-9(2)20-13/h4-6,8H,3,7H2,1-2H3,(H,17,18). The van der Waals surface area contributed by atoms with Crippen molar-refractivity contribution in [2.75, 3.05) is 11.9 Å². The molecule has 2 rings (SSSR count). The van der Waals surface area contributed by atoms with E-state index in [4.69, 9.17) is 16.3 Å². The number of rotatable bonds is 5. The Morgan fingerprint density at radius 1 is 1.50 bits per heavy atom. The van der Waals surface area contributed by atoms with Crippen molar-refractivity contribution in [1.29, 1.82) is 0 Å². The molecule has 1 N–H and O–H groups in total. The summed E-state index contributed by atoms with van der Waals surface area (Å²) in [4.78, 5) is 16.7. The minimum absolute atomic E-state index is 0.166. The Labute approximate surface area is 126 Å². The maximum atomic E-state index is 12.0. The maximum absolute atomic E-state index is 12.0. The van der Waals surface area contributed by atoms with Gasteiger partial charge >= 0.3 is 0 Å². The molecule has 20 heavy (non-hydrogen) atoms. The molecule has 0 aliphatic carbocycles. The number of nitrogens with zero attached hydrogens (tertiary/aromatic N) is 1. The van der Waals surface area contributed by atoms with Gasteiger partial charge in [-0.1, -0.05) is 0 Å². The highest BCUT2D eigenvalue weighted by atomic mass is 35.5. The Bertz CT molecular complexity index is 613. The molecule has 0 unspecified atom stereocenters. The molecule has 106 valence electrons. The van der Waals surface area contributed by atoms with Crippen molar-refractivity contribution in [2.45, 2.75) is 19.7 Å². The molecule has 0 bridgehead atoms. The number of alkyl halides is 1. The number of anilines is 1. The van der Waals surface area contributed by atoms with Crippen molar-refractivity contribution in [3.05, 3.63) is 39.8 Å². The van der Waals surface area contributed by atoms with Gasteiger partial charge < -0.3 is 10.1 Å². The highest BCUT2D eigenvalue weighted by molar-refractivity contribution is 7.13. The minimum atomic E-state index is -0.166. The van der Waals surface area contributed by atoms with Crippen molar-refractivity contribution in [2.24, 2.45) is 0 Å². The normalized spacial score (nSPS) is 10.3. The molecule has 2 aromatic rings. The zero-order valence-corrected chi connectivity index (χ0v) is 12.8. The van der Waals surface area contributed by atoms with Crippen LogP contribution in [0.2, 0.25) is 0 Å². The van der Waals surface area contributed by atoms with Gasteiger partial charge in [0.25, 0.3) is 5.91 Å². The van der Waals surface area contributed by atoms with Crippen LogP contribution in [0.3, 0.4) is 0 Å². The lowest BCUT2D eigenvalue weighted by atomic mass is 10.2. The third-order valence-corrected chi connectivity index (χ3v) is 3.81. The van der Waals surface area contributed by atoms with E-state index in [9.17, 15) is 4.79 Å². The summed E-state index contributed by atoms with van der Waals surface area (Å²) in [7, 11) is 0. The summed E-state index contributed by atoms with van der Waals surface area (Å²) in [5.74, 6) is 0.910. The summed E-state index contributed by atoms with van der Waals surface area (Å²) in [5, 5.41) is 3.70. The highest BCUT2D eigenvalue weighted by Crippen LogP contribution is 2.25. The lowest BCUT2D eigenvalue weighted by Gasteiger charge is -2.10. The first-order valence-electron chi connectivity index (χ1n) is 6.19. The smallest absolute Gasteiger partial charge is 0.267 e. The molecule has 0 aliphatic rings. The van der Waals surface area contributed by atoms with E-state index in [0.29, 0.717) is 23.1 Å². The number of aryl methyl sites for hydroxylation is 1. The van der Waals surface area contributed by atoms with E-state index in [0.717, 1.165) is 16.3 Å². The van der Waals surface area contributed by atoms with E-state index >= 15 is 0 Å². The number of ether oxygens (including phenoxy) is 1. The fourth-order valence-electron chi connectivity index (χ4n) is 1.72. The molecule has 6 heteroatoms. The van der Waals surface area contributed by atoms with Gasteiger partial charge in [-0.15, -0.1) is 22.9 Å². The van der Waals surface area contributed by atoms with Gasteiger partial charge in [-0.25, -0.2) is 4.98 Å². The second kappa shape index (κ2) is 6.72. The molecule has 4 nitrogen and oxygen atoms in total. The number of thiazole rings is 1. The summed E-state index contributed by atoms with van der Waals surface area (Å²) < 4.78 is 5.47. The molecule has 1 heterocycles. The second-order valence-electron chi connectivity index (χ2n) is 4.09. The lowest BCUT2D eigenvalue weighted by molar-refractivity contribution is 0.103. The van der Waals surface area contributed by atoms with Crippen LogP contribution >= 0.6 is 22.9 Å². The minimum Gasteiger partial charge on any atom is -0.494 e. The van der Waals surface area contributed by atoms with Gasteiger partial charge in [0.05, 0.1) is 23.7 Å². The van der Waals surface area contributed by atoms with Gasteiger partial charge in [-0.2, -0.15) is 0 Å². The number of carbonyl (C=O) groups is 1. The van der Waals surface area contributed by atoms with Crippen LogP contribution in [-0.4, -0.2) is 17.5 Å². The monoisotopic (exact) mass is 310 g/mol. The molecular weight excluding hydrogens is 296 g/mol. The van der Waals surface area contributed by atoms with Crippen LogP contribution in [0.25, 0.3) is 0 Å². The third kappa shape index (κ3) is 3.49. The Hall–Kier alpha value is -1.59. The van der Waals surface area contributed by atoms with Crippen LogP contribution in [0.5, 0.6) is 5.75 Å². The topological polar surface area (TPSA) is 51.2 Å². The molecule has 0 saturated carbocycles. The van der Waals surface area contributed by atoms with E-state index in [-0.39, 0.29) is 5.91 Å². The molecule has 1 aromatic heterocycles. The van der Waals surface area contributed by atoms with Gasteiger partial charge in [0.2, 0.25) is 0 Å². The summed E-state index contributed by atoms with van der Waals surface area (Å²) in [6, 6.07) is 5.44. The summed E-state index contributed by atoms with van der Waals surface area (Å²) >= 11 is 7.26. The molecule has 1 amide bonds. The van der Waals surface area contributed by atoms with Crippen LogP contribution in [-0.2, 0) is 5.88 Å². The first kappa shape index (κ1) is 14.8. The van der Waals surface area contributed by atoms with Crippen molar-refractivity contribution < 1.29 is 9.53 Å². The van der Waals surface area contributed by atoms with Crippen LogP contribution < -0.4 is 10.1 Å². The van der Waals surface area contributed by atoms with Gasteiger partial charge in [0, 0.05) is 11.3 Å². The number of hydrogen-bond acceptors (Lipinski definition) is 4. The van der Waals surface area contributed by atoms with Crippen molar-refractivity contribution >= 4 is 34.5 Å². The molecule has 0 spiro atoms. The van der Waals surface area contributed by atoms with E-state index in [1.165, 1.54) is 11.3 Å². The number of carbonyl (C=O) groups excluding carboxylic acids is 1. The number of halogens is 1. The molecule has 0 radical (unpaired) electrons. The number of nitrogens with one attached hydrogen (secondary N) is 1. The van der Waals surface area contributed by atoms with Gasteiger partial charge in [0.1, 0.15) is 10.6 Å². The summed E-state index contributed by atoms with van der Waals surface area (Å²) in [6.07, 6.45) is 1.58. The first-order valence-corrected chi connectivity index (χ1v) is 7.54. The zero-order chi connectivity index (χ0) is 14.5. The molecular formula is C14H15ClN2O2S. The van der Waals surface area contributed by atoms with Crippen LogP contribution in [0, 0.1) is 6.92 Å². The Morgan fingerprint density at radius 3 is 2.90 bits per heavy atom. The highest BCUT2D eigenvalue weighted by Gasteiger charge is 2.11. The average molecular weight is 311 g/mol. The van der Waals surface area contributed by atoms with Crippen LogP contribution in [0.15, 0.2) is 24.4 Å². The fourth-order valence-corrected chi connectivity index (χ4v) is 2.60. The Morgan fingerprint density at radius 2 is 2.30 bits per heavy atom. The van der Waals surface area contributed by atoms with Gasteiger partial charge in [-0.05, 0) is 32.0 Å². The predicted molar refractivity (Wildman–Crippen MR) is 82.0 cm³/mol. The SMILES string of the molecule is CCOc1ccc(NC(=O)c2cnc(C)s2)cc1CCl. The van der Waals surface area contributed by atoms with E-state index in [1.807, 2.05) is 26.0 Å². The second-order valence-corrected chi connectivity index (χ2v) is 5.59. The fraction of sp³-hybridized carbons (Fsp3) is 0.286. The summed E-state index contributed by atoms with van der Waals surface area (Å²) in [5.41, 5.74) is 1.55. The predicted octanol–water partition coefficient (Wildman–Crippen LogP) is 3.84. The maximum Gasteiger partial charge on any atom is 0.267 e. The van der Waals surface area contributed by atoms with Gasteiger partial charge in [-0.3, -0.25) is 4.79 Å². The Balaban J connectivity index is 2.15. The number of benzene rings is 1. The van der Waals surface area contributed by atoms with Crippen molar-refractivity contribution in [3.63, 3.8) is 0 Å². The largest absolute Gasteiger partial charge is 0.494 e.